The lowest BCUT2D eigenvalue weighted by Gasteiger charge is -2.11. The average molecular weight is 526 g/mol. The summed E-state index contributed by atoms with van der Waals surface area (Å²) in [6.07, 6.45) is 1.45. The fraction of sp³-hybridized carbons (Fsp3) is 0.120. The third-order valence-electron chi connectivity index (χ3n) is 4.98. The Morgan fingerprint density at radius 2 is 1.83 bits per heavy atom. The fourth-order valence-corrected chi connectivity index (χ4v) is 4.27. The lowest BCUT2D eigenvalue weighted by molar-refractivity contribution is -0.118. The maximum Gasteiger partial charge on any atom is 0.250 e. The molecule has 1 N–H and O–H groups in total. The summed E-state index contributed by atoms with van der Waals surface area (Å²) in [5.74, 6) is 1.20. The summed E-state index contributed by atoms with van der Waals surface area (Å²) in [5.41, 5.74) is 6.01. The van der Waals surface area contributed by atoms with Crippen LogP contribution in [0.3, 0.4) is 0 Å². The molecular formula is C25H21Cl2N5O2S. The topological polar surface area (TPSA) is 81.4 Å². The van der Waals surface area contributed by atoms with Gasteiger partial charge < -0.3 is 4.74 Å². The number of ether oxygens (including phenoxy) is 1. The van der Waals surface area contributed by atoms with Gasteiger partial charge in [0.05, 0.1) is 29.1 Å². The minimum absolute atomic E-state index is 0.0905. The number of halogens is 2. The minimum Gasteiger partial charge on any atom is -0.497 e. The molecule has 7 nitrogen and oxygen atoms in total. The van der Waals surface area contributed by atoms with Crippen molar-refractivity contribution in [2.24, 2.45) is 5.10 Å². The van der Waals surface area contributed by atoms with Crippen LogP contribution in [0.15, 0.2) is 77.0 Å². The van der Waals surface area contributed by atoms with Crippen LogP contribution in [0.4, 0.5) is 0 Å². The van der Waals surface area contributed by atoms with Gasteiger partial charge in [-0.1, -0.05) is 64.8 Å². The molecule has 1 aromatic heterocycles. The predicted octanol–water partition coefficient (Wildman–Crippen LogP) is 5.80. The van der Waals surface area contributed by atoms with Gasteiger partial charge in [0.2, 0.25) is 0 Å². The van der Waals surface area contributed by atoms with Crippen LogP contribution >= 0.6 is 35.0 Å². The first-order chi connectivity index (χ1) is 17.0. The Bertz CT molecular complexity index is 1360. The molecule has 10 heteroatoms. The van der Waals surface area contributed by atoms with E-state index >= 15 is 0 Å². The molecule has 4 aromatic rings. The van der Waals surface area contributed by atoms with E-state index in [2.05, 4.69) is 20.7 Å². The van der Waals surface area contributed by atoms with E-state index in [1.807, 2.05) is 60.0 Å². The van der Waals surface area contributed by atoms with E-state index in [0.29, 0.717) is 26.6 Å². The summed E-state index contributed by atoms with van der Waals surface area (Å²) >= 11 is 13.4. The largest absolute Gasteiger partial charge is 0.497 e. The second-order valence-corrected chi connectivity index (χ2v) is 9.16. The SMILES string of the molecule is COc1ccc(-c2nnc(SCC(=O)N/N=C/c3cccc(Cl)c3Cl)n2-c2ccc(C)cc2)cc1. The molecule has 0 atom stereocenters. The second kappa shape index (κ2) is 11.4. The van der Waals surface area contributed by atoms with Gasteiger partial charge in [0.15, 0.2) is 11.0 Å². The van der Waals surface area contributed by atoms with Gasteiger partial charge in [-0.2, -0.15) is 5.10 Å². The van der Waals surface area contributed by atoms with Crippen molar-refractivity contribution in [3.63, 3.8) is 0 Å². The van der Waals surface area contributed by atoms with Crippen molar-refractivity contribution in [3.05, 3.63) is 87.9 Å². The number of nitrogens with one attached hydrogen (secondary N) is 1. The van der Waals surface area contributed by atoms with Crippen LogP contribution in [0.2, 0.25) is 10.0 Å². The Morgan fingerprint density at radius 3 is 2.54 bits per heavy atom. The summed E-state index contributed by atoms with van der Waals surface area (Å²) < 4.78 is 7.18. The normalized spacial score (nSPS) is 11.1. The van der Waals surface area contributed by atoms with Crippen LogP contribution in [-0.2, 0) is 4.79 Å². The molecule has 178 valence electrons. The molecule has 1 heterocycles. The van der Waals surface area contributed by atoms with Crippen LogP contribution in [0.25, 0.3) is 17.1 Å². The summed E-state index contributed by atoms with van der Waals surface area (Å²) in [6.45, 7) is 2.03. The zero-order valence-corrected chi connectivity index (χ0v) is 21.2. The van der Waals surface area contributed by atoms with E-state index in [-0.39, 0.29) is 11.7 Å². The van der Waals surface area contributed by atoms with Crippen LogP contribution in [0.5, 0.6) is 5.75 Å². The Kier molecular flexibility index (Phi) is 8.07. The van der Waals surface area contributed by atoms with E-state index in [9.17, 15) is 4.79 Å². The molecule has 0 fully saturated rings. The van der Waals surface area contributed by atoms with Gasteiger partial charge in [0.1, 0.15) is 5.75 Å². The van der Waals surface area contributed by atoms with Gasteiger partial charge in [0, 0.05) is 16.8 Å². The summed E-state index contributed by atoms with van der Waals surface area (Å²) in [4.78, 5) is 12.4. The molecule has 0 unspecified atom stereocenters. The number of hydrazone groups is 1. The standard InChI is InChI=1S/C25H21Cl2N5O2S/c1-16-6-10-19(11-7-16)32-24(17-8-12-20(34-2)13-9-17)30-31-25(32)35-15-22(33)29-28-14-18-4-3-5-21(26)23(18)27/h3-14H,15H2,1-2H3,(H,29,33)/b28-14+. The number of amides is 1. The number of rotatable bonds is 8. The van der Waals surface area contributed by atoms with Crippen molar-refractivity contribution in [3.8, 4) is 22.8 Å². The van der Waals surface area contributed by atoms with Crippen molar-refractivity contribution >= 4 is 47.1 Å². The second-order valence-electron chi connectivity index (χ2n) is 7.43. The first-order valence-corrected chi connectivity index (χ1v) is 12.3. The number of nitrogens with zero attached hydrogens (tertiary/aromatic N) is 4. The Labute approximate surface area is 217 Å². The monoisotopic (exact) mass is 525 g/mol. The zero-order valence-electron chi connectivity index (χ0n) is 18.9. The van der Waals surface area contributed by atoms with E-state index < -0.39 is 0 Å². The van der Waals surface area contributed by atoms with Gasteiger partial charge in [-0.05, 0) is 49.4 Å². The van der Waals surface area contributed by atoms with Gasteiger partial charge in [-0.25, -0.2) is 5.43 Å². The van der Waals surface area contributed by atoms with Crippen LogP contribution in [0.1, 0.15) is 11.1 Å². The van der Waals surface area contributed by atoms with E-state index in [0.717, 1.165) is 22.6 Å². The Balaban J connectivity index is 1.52. The first-order valence-electron chi connectivity index (χ1n) is 10.5. The Hall–Kier alpha value is -3.33. The number of carbonyl (C=O) groups excluding carboxylic acids is 1. The molecule has 0 spiro atoms. The summed E-state index contributed by atoms with van der Waals surface area (Å²) in [6, 6.07) is 20.8. The summed E-state index contributed by atoms with van der Waals surface area (Å²) in [5, 5.41) is 14.1. The highest BCUT2D eigenvalue weighted by Gasteiger charge is 2.17. The van der Waals surface area contributed by atoms with Crippen molar-refractivity contribution in [2.75, 3.05) is 12.9 Å². The molecule has 0 bridgehead atoms. The van der Waals surface area contributed by atoms with E-state index in [1.165, 1.54) is 18.0 Å². The van der Waals surface area contributed by atoms with E-state index in [4.69, 9.17) is 27.9 Å². The highest BCUT2D eigenvalue weighted by molar-refractivity contribution is 7.99. The van der Waals surface area contributed by atoms with Crippen LogP contribution in [0, 0.1) is 6.92 Å². The number of aryl methyl sites for hydroxylation is 1. The summed E-state index contributed by atoms with van der Waals surface area (Å²) in [7, 11) is 1.62. The third kappa shape index (κ3) is 6.03. The number of hydrogen-bond acceptors (Lipinski definition) is 6. The number of methoxy groups -OCH3 is 1. The molecule has 0 aliphatic rings. The van der Waals surface area contributed by atoms with Crippen molar-refractivity contribution in [1.82, 2.24) is 20.2 Å². The molecule has 35 heavy (non-hydrogen) atoms. The van der Waals surface area contributed by atoms with Gasteiger partial charge in [-0.3, -0.25) is 9.36 Å². The predicted molar refractivity (Wildman–Crippen MR) is 141 cm³/mol. The minimum atomic E-state index is -0.297. The molecule has 0 aliphatic carbocycles. The maximum absolute atomic E-state index is 12.4. The molecule has 1 amide bonds. The van der Waals surface area contributed by atoms with Gasteiger partial charge in [-0.15, -0.1) is 10.2 Å². The van der Waals surface area contributed by atoms with Crippen molar-refractivity contribution < 1.29 is 9.53 Å². The fourth-order valence-electron chi connectivity index (χ4n) is 3.17. The lowest BCUT2D eigenvalue weighted by Crippen LogP contribution is -2.20. The number of aromatic nitrogens is 3. The van der Waals surface area contributed by atoms with E-state index in [1.54, 1.807) is 25.3 Å². The molecule has 0 radical (unpaired) electrons. The molecule has 3 aromatic carbocycles. The molecule has 4 rings (SSSR count). The maximum atomic E-state index is 12.4. The smallest absolute Gasteiger partial charge is 0.250 e. The number of carbonyl (C=O) groups is 1. The average Bonchev–Trinajstić information content (AvgIpc) is 3.30. The lowest BCUT2D eigenvalue weighted by atomic mass is 10.2. The highest BCUT2D eigenvalue weighted by atomic mass is 35.5. The number of benzene rings is 3. The highest BCUT2D eigenvalue weighted by Crippen LogP contribution is 2.29. The third-order valence-corrected chi connectivity index (χ3v) is 6.74. The van der Waals surface area contributed by atoms with Gasteiger partial charge in [0.25, 0.3) is 5.91 Å². The van der Waals surface area contributed by atoms with Crippen LogP contribution in [-0.4, -0.2) is 39.7 Å². The molecule has 0 aliphatic heterocycles. The molecule has 0 saturated carbocycles. The number of thioether (sulfide) groups is 1. The van der Waals surface area contributed by atoms with Crippen LogP contribution < -0.4 is 10.2 Å². The first kappa shape index (κ1) is 24.8. The molecular weight excluding hydrogens is 505 g/mol. The Morgan fingerprint density at radius 1 is 1.09 bits per heavy atom. The zero-order chi connectivity index (χ0) is 24.8. The van der Waals surface area contributed by atoms with Crippen molar-refractivity contribution in [2.45, 2.75) is 12.1 Å². The molecule has 0 saturated heterocycles. The number of hydrogen-bond donors (Lipinski definition) is 1. The van der Waals surface area contributed by atoms with Crippen molar-refractivity contribution in [1.29, 1.82) is 0 Å². The quantitative estimate of drug-likeness (QED) is 0.178. The van der Waals surface area contributed by atoms with Gasteiger partial charge >= 0.3 is 0 Å².